The maximum Gasteiger partial charge on any atom is 0.223 e. The van der Waals surface area contributed by atoms with Crippen molar-refractivity contribution < 1.29 is 13.9 Å². The van der Waals surface area contributed by atoms with Gasteiger partial charge in [-0.1, -0.05) is 6.07 Å². The number of carbonyl (C=O) groups is 1. The zero-order valence-electron chi connectivity index (χ0n) is 12.0. The average molecular weight is 280 g/mol. The number of carbonyl (C=O) groups excluding carboxylic acids is 1. The van der Waals surface area contributed by atoms with E-state index >= 15 is 0 Å². The van der Waals surface area contributed by atoms with Crippen molar-refractivity contribution in [3.63, 3.8) is 0 Å². The molecule has 0 bridgehead atoms. The second kappa shape index (κ2) is 6.70. The number of ether oxygens (including phenoxy) is 1. The van der Waals surface area contributed by atoms with E-state index in [1.54, 1.807) is 17.0 Å². The first kappa shape index (κ1) is 14.8. The molecule has 0 saturated carbocycles. The Morgan fingerprint density at radius 1 is 1.50 bits per heavy atom. The van der Waals surface area contributed by atoms with Crippen LogP contribution in [0.3, 0.4) is 0 Å². The average Bonchev–Trinajstić information content (AvgIpc) is 2.40. The maximum atomic E-state index is 13.6. The first-order valence-corrected chi connectivity index (χ1v) is 6.95. The third kappa shape index (κ3) is 3.48. The molecule has 4 nitrogen and oxygen atoms in total. The molecule has 0 aliphatic carbocycles. The van der Waals surface area contributed by atoms with Gasteiger partial charge in [-0.05, 0) is 43.6 Å². The number of hydrogen-bond donors (Lipinski definition) is 1. The largest absolute Gasteiger partial charge is 0.494 e. The van der Waals surface area contributed by atoms with Gasteiger partial charge in [0.25, 0.3) is 0 Å². The number of amides is 1. The summed E-state index contributed by atoms with van der Waals surface area (Å²) in [6, 6.07) is 4.82. The number of nitrogens with zero attached hydrogens (tertiary/aromatic N) is 1. The van der Waals surface area contributed by atoms with Crippen molar-refractivity contribution in [1.82, 2.24) is 10.2 Å². The predicted octanol–water partition coefficient (Wildman–Crippen LogP) is 1.79. The van der Waals surface area contributed by atoms with Crippen molar-refractivity contribution in [3.8, 4) is 5.75 Å². The molecule has 0 unspecified atom stereocenters. The van der Waals surface area contributed by atoms with E-state index in [0.29, 0.717) is 25.4 Å². The van der Waals surface area contributed by atoms with Crippen LogP contribution in [0.5, 0.6) is 5.75 Å². The molecule has 1 heterocycles. The second-order valence-corrected chi connectivity index (χ2v) is 5.11. The molecule has 1 fully saturated rings. The highest BCUT2D eigenvalue weighted by Gasteiger charge is 2.23. The van der Waals surface area contributed by atoms with Gasteiger partial charge in [0.2, 0.25) is 5.91 Å². The van der Waals surface area contributed by atoms with Gasteiger partial charge in [-0.3, -0.25) is 4.79 Å². The lowest BCUT2D eigenvalue weighted by atomic mass is 9.98. The van der Waals surface area contributed by atoms with Gasteiger partial charge < -0.3 is 15.0 Å². The normalized spacial score (nSPS) is 14.8. The van der Waals surface area contributed by atoms with Crippen molar-refractivity contribution in [1.29, 1.82) is 0 Å². The lowest BCUT2D eigenvalue weighted by Crippen LogP contribution is -2.45. The minimum absolute atomic E-state index is 0.134. The summed E-state index contributed by atoms with van der Waals surface area (Å²) in [7, 11) is 1.44. The van der Waals surface area contributed by atoms with Crippen molar-refractivity contribution in [2.75, 3.05) is 26.7 Å². The maximum absolute atomic E-state index is 13.6. The third-order valence-electron chi connectivity index (χ3n) is 3.65. The van der Waals surface area contributed by atoms with Crippen LogP contribution in [0.25, 0.3) is 0 Å². The molecule has 1 amide bonds. The summed E-state index contributed by atoms with van der Waals surface area (Å²) in [6.45, 7) is 4.85. The second-order valence-electron chi connectivity index (χ2n) is 5.11. The Morgan fingerprint density at radius 2 is 2.25 bits per heavy atom. The molecule has 1 aliphatic rings. The van der Waals surface area contributed by atoms with E-state index in [4.69, 9.17) is 4.74 Å². The van der Waals surface area contributed by atoms with Gasteiger partial charge in [0, 0.05) is 19.5 Å². The minimum atomic E-state index is -0.392. The number of benzene rings is 1. The van der Waals surface area contributed by atoms with Crippen LogP contribution in [-0.2, 0) is 11.3 Å². The highest BCUT2D eigenvalue weighted by molar-refractivity contribution is 5.76. The van der Waals surface area contributed by atoms with E-state index in [1.807, 2.05) is 6.92 Å². The van der Waals surface area contributed by atoms with Crippen LogP contribution >= 0.6 is 0 Å². The molecule has 5 heteroatoms. The van der Waals surface area contributed by atoms with Gasteiger partial charge in [-0.15, -0.1) is 0 Å². The van der Waals surface area contributed by atoms with Crippen LogP contribution in [0.15, 0.2) is 18.2 Å². The van der Waals surface area contributed by atoms with Gasteiger partial charge in [0.15, 0.2) is 11.6 Å². The van der Waals surface area contributed by atoms with Crippen LogP contribution in [-0.4, -0.2) is 37.6 Å². The number of rotatable bonds is 6. The number of halogens is 1. The Bertz CT molecular complexity index is 475. The lowest BCUT2D eigenvalue weighted by molar-refractivity contribution is -0.133. The minimum Gasteiger partial charge on any atom is -0.494 e. The van der Waals surface area contributed by atoms with Gasteiger partial charge in [0.1, 0.15) is 0 Å². The van der Waals surface area contributed by atoms with E-state index in [2.05, 4.69) is 5.32 Å². The lowest BCUT2D eigenvalue weighted by Gasteiger charge is -2.29. The number of nitrogens with one attached hydrogen (secondary N) is 1. The highest BCUT2D eigenvalue weighted by Crippen LogP contribution is 2.19. The summed E-state index contributed by atoms with van der Waals surface area (Å²) in [6.07, 6.45) is 0.569. The van der Waals surface area contributed by atoms with Crippen LogP contribution < -0.4 is 10.1 Å². The molecule has 110 valence electrons. The van der Waals surface area contributed by atoms with Crippen LogP contribution in [0.1, 0.15) is 18.9 Å². The van der Waals surface area contributed by atoms with Crippen molar-refractivity contribution in [2.24, 2.45) is 5.92 Å². The van der Waals surface area contributed by atoms with Gasteiger partial charge in [0.05, 0.1) is 7.11 Å². The SMILES string of the molecule is CCN(Cc1ccc(OC)c(F)c1)C(=O)CC1CNC1. The molecule has 1 aromatic carbocycles. The molecular weight excluding hydrogens is 259 g/mol. The van der Waals surface area contributed by atoms with Gasteiger partial charge in [-0.25, -0.2) is 4.39 Å². The Morgan fingerprint density at radius 3 is 2.75 bits per heavy atom. The summed E-state index contributed by atoms with van der Waals surface area (Å²) in [5.41, 5.74) is 0.783. The van der Waals surface area contributed by atoms with Crippen LogP contribution in [0, 0.1) is 11.7 Å². The molecular formula is C15H21FN2O2. The zero-order chi connectivity index (χ0) is 14.5. The monoisotopic (exact) mass is 280 g/mol. The standard InChI is InChI=1S/C15H21FN2O2/c1-3-18(15(19)7-12-8-17-9-12)10-11-4-5-14(20-2)13(16)6-11/h4-6,12,17H,3,7-10H2,1-2H3. The van der Waals surface area contributed by atoms with E-state index < -0.39 is 5.82 Å². The smallest absolute Gasteiger partial charge is 0.223 e. The molecule has 0 spiro atoms. The molecule has 0 radical (unpaired) electrons. The third-order valence-corrected chi connectivity index (χ3v) is 3.65. The zero-order valence-corrected chi connectivity index (χ0v) is 12.0. The van der Waals surface area contributed by atoms with Crippen molar-refractivity contribution in [2.45, 2.75) is 19.9 Å². The molecule has 1 N–H and O–H groups in total. The summed E-state index contributed by atoms with van der Waals surface area (Å²) in [4.78, 5) is 13.9. The molecule has 1 aliphatic heterocycles. The molecule has 1 saturated heterocycles. The quantitative estimate of drug-likeness (QED) is 0.864. The fraction of sp³-hybridized carbons (Fsp3) is 0.533. The van der Waals surface area contributed by atoms with Gasteiger partial charge >= 0.3 is 0 Å². The summed E-state index contributed by atoms with van der Waals surface area (Å²) >= 11 is 0. The fourth-order valence-electron chi connectivity index (χ4n) is 2.27. The Labute approximate surface area is 118 Å². The van der Waals surface area contributed by atoms with Crippen LogP contribution in [0.2, 0.25) is 0 Å². The highest BCUT2D eigenvalue weighted by atomic mass is 19.1. The summed E-state index contributed by atoms with van der Waals surface area (Å²) in [5.74, 6) is 0.416. The molecule has 0 atom stereocenters. The fourth-order valence-corrected chi connectivity index (χ4v) is 2.27. The predicted molar refractivity (Wildman–Crippen MR) is 75.0 cm³/mol. The van der Waals surface area contributed by atoms with E-state index in [0.717, 1.165) is 18.7 Å². The first-order valence-electron chi connectivity index (χ1n) is 6.95. The van der Waals surface area contributed by atoms with Crippen molar-refractivity contribution >= 4 is 5.91 Å². The summed E-state index contributed by atoms with van der Waals surface area (Å²) in [5, 5.41) is 3.16. The van der Waals surface area contributed by atoms with Crippen molar-refractivity contribution in [3.05, 3.63) is 29.6 Å². The topological polar surface area (TPSA) is 41.6 Å². The number of methoxy groups -OCH3 is 1. The van der Waals surface area contributed by atoms with Gasteiger partial charge in [-0.2, -0.15) is 0 Å². The van der Waals surface area contributed by atoms with E-state index in [1.165, 1.54) is 13.2 Å². The Kier molecular flexibility index (Phi) is 4.95. The van der Waals surface area contributed by atoms with E-state index in [9.17, 15) is 9.18 Å². The molecule has 0 aromatic heterocycles. The molecule has 1 aromatic rings. The first-order chi connectivity index (χ1) is 9.63. The summed E-state index contributed by atoms with van der Waals surface area (Å²) < 4.78 is 18.5. The Balaban J connectivity index is 1.97. The van der Waals surface area contributed by atoms with Crippen LogP contribution in [0.4, 0.5) is 4.39 Å². The molecule has 2 rings (SSSR count). The molecule has 20 heavy (non-hydrogen) atoms. The Hall–Kier alpha value is -1.62. The van der Waals surface area contributed by atoms with E-state index in [-0.39, 0.29) is 11.7 Å². The number of hydrogen-bond acceptors (Lipinski definition) is 3.